The minimum atomic E-state index is -0.609. The number of rotatable bonds is 8. The van der Waals surface area contributed by atoms with E-state index in [0.29, 0.717) is 39.7 Å². The van der Waals surface area contributed by atoms with Gasteiger partial charge in [-0.25, -0.2) is 9.50 Å². The Bertz CT molecular complexity index is 1320. The number of methoxy groups -OCH3 is 1. The summed E-state index contributed by atoms with van der Waals surface area (Å²) < 4.78 is 13.3. The molecule has 1 amide bonds. The lowest BCUT2D eigenvalue weighted by Gasteiger charge is -2.11. The van der Waals surface area contributed by atoms with Gasteiger partial charge in [0.25, 0.3) is 5.91 Å². The Kier molecular flexibility index (Phi) is 6.04. The first-order valence-electron chi connectivity index (χ1n) is 9.49. The number of amides is 1. The molecule has 0 unspecified atom stereocenters. The molecule has 162 valence electrons. The number of nitrogens with one attached hydrogen (secondary N) is 1. The van der Waals surface area contributed by atoms with Crippen molar-refractivity contribution < 1.29 is 14.3 Å². The van der Waals surface area contributed by atoms with Crippen LogP contribution in [0.5, 0.6) is 17.4 Å². The molecule has 1 aromatic carbocycles. The van der Waals surface area contributed by atoms with E-state index in [2.05, 4.69) is 42.9 Å². The molecular weight excluding hydrogens is 476 g/mol. The van der Waals surface area contributed by atoms with Crippen LogP contribution in [0.25, 0.3) is 5.65 Å². The second kappa shape index (κ2) is 9.06. The summed E-state index contributed by atoms with van der Waals surface area (Å²) in [7, 11) is 1.60. The fourth-order valence-corrected chi connectivity index (χ4v) is 3.50. The van der Waals surface area contributed by atoms with Gasteiger partial charge in [-0.2, -0.15) is 4.98 Å². The minimum absolute atomic E-state index is 0.147. The van der Waals surface area contributed by atoms with Gasteiger partial charge in [0.2, 0.25) is 11.8 Å². The summed E-state index contributed by atoms with van der Waals surface area (Å²) in [6.07, 6.45) is 3.84. The van der Waals surface area contributed by atoms with Crippen LogP contribution in [-0.4, -0.2) is 32.6 Å². The van der Waals surface area contributed by atoms with E-state index >= 15 is 0 Å². The van der Waals surface area contributed by atoms with Crippen molar-refractivity contribution in [3.05, 3.63) is 82.7 Å². The SMILES string of the molecule is C=C(Cc1ccc(Oc2ncccc2C(N)=O)c(Br)c1)Nc1nc2cc(OC)ccn2n1. The van der Waals surface area contributed by atoms with E-state index in [4.69, 9.17) is 15.2 Å². The number of aromatic nitrogens is 4. The maximum atomic E-state index is 11.6. The van der Waals surface area contributed by atoms with Crippen LogP contribution in [0.3, 0.4) is 0 Å². The molecule has 0 fully saturated rings. The molecular formula is C22H19BrN6O3. The Morgan fingerprint density at radius 3 is 2.88 bits per heavy atom. The Hall–Kier alpha value is -3.92. The van der Waals surface area contributed by atoms with Crippen molar-refractivity contribution in [2.24, 2.45) is 5.73 Å². The molecule has 0 radical (unpaired) electrons. The number of benzene rings is 1. The number of nitrogens with two attached hydrogens (primary N) is 1. The number of carbonyl (C=O) groups excluding carboxylic acids is 1. The van der Waals surface area contributed by atoms with Gasteiger partial charge >= 0.3 is 0 Å². The monoisotopic (exact) mass is 494 g/mol. The van der Waals surface area contributed by atoms with Crippen molar-refractivity contribution in [3.63, 3.8) is 0 Å². The summed E-state index contributed by atoms with van der Waals surface area (Å²) in [4.78, 5) is 20.1. The van der Waals surface area contributed by atoms with Gasteiger partial charge in [-0.05, 0) is 51.8 Å². The highest BCUT2D eigenvalue weighted by Crippen LogP contribution is 2.31. The van der Waals surface area contributed by atoms with Gasteiger partial charge < -0.3 is 20.5 Å². The smallest absolute Gasteiger partial charge is 0.254 e. The molecule has 4 aromatic rings. The van der Waals surface area contributed by atoms with Crippen molar-refractivity contribution in [1.82, 2.24) is 19.6 Å². The molecule has 3 heterocycles. The Labute approximate surface area is 192 Å². The number of carbonyl (C=O) groups is 1. The summed E-state index contributed by atoms with van der Waals surface area (Å²) in [6.45, 7) is 4.07. The van der Waals surface area contributed by atoms with Gasteiger partial charge in [0.05, 0.1) is 11.6 Å². The van der Waals surface area contributed by atoms with E-state index < -0.39 is 5.91 Å². The van der Waals surface area contributed by atoms with Crippen LogP contribution >= 0.6 is 15.9 Å². The molecule has 3 N–H and O–H groups in total. The molecule has 0 aliphatic rings. The minimum Gasteiger partial charge on any atom is -0.497 e. The van der Waals surface area contributed by atoms with E-state index in [1.54, 1.807) is 48.2 Å². The van der Waals surface area contributed by atoms with Gasteiger partial charge in [0, 0.05) is 30.6 Å². The second-order valence-corrected chi connectivity index (χ2v) is 7.65. The van der Waals surface area contributed by atoms with Gasteiger partial charge in [-0.1, -0.05) is 12.6 Å². The lowest BCUT2D eigenvalue weighted by molar-refractivity contribution is 0.0997. The highest BCUT2D eigenvalue weighted by molar-refractivity contribution is 9.10. The van der Waals surface area contributed by atoms with Gasteiger partial charge in [0.15, 0.2) is 5.65 Å². The third-order valence-electron chi connectivity index (χ3n) is 4.49. The molecule has 0 spiro atoms. The summed E-state index contributed by atoms with van der Waals surface area (Å²) >= 11 is 3.50. The summed E-state index contributed by atoms with van der Waals surface area (Å²) in [6, 6.07) is 12.4. The summed E-state index contributed by atoms with van der Waals surface area (Å²) in [5.74, 6) is 1.19. The van der Waals surface area contributed by atoms with Crippen LogP contribution in [0.4, 0.5) is 5.95 Å². The zero-order valence-electron chi connectivity index (χ0n) is 17.1. The van der Waals surface area contributed by atoms with Gasteiger partial charge in [0.1, 0.15) is 17.1 Å². The van der Waals surface area contributed by atoms with E-state index in [0.717, 1.165) is 5.56 Å². The highest BCUT2D eigenvalue weighted by Gasteiger charge is 2.13. The largest absolute Gasteiger partial charge is 0.497 e. The lowest BCUT2D eigenvalue weighted by atomic mass is 10.1. The third kappa shape index (κ3) is 4.70. The Morgan fingerprint density at radius 1 is 1.28 bits per heavy atom. The van der Waals surface area contributed by atoms with Crippen molar-refractivity contribution in [3.8, 4) is 17.4 Å². The molecule has 0 aliphatic carbocycles. The number of nitrogens with zero attached hydrogens (tertiary/aromatic N) is 4. The van der Waals surface area contributed by atoms with E-state index in [1.165, 1.54) is 6.20 Å². The van der Waals surface area contributed by atoms with Crippen LogP contribution in [-0.2, 0) is 6.42 Å². The Morgan fingerprint density at radius 2 is 2.12 bits per heavy atom. The van der Waals surface area contributed by atoms with Crippen LogP contribution < -0.4 is 20.5 Å². The van der Waals surface area contributed by atoms with Gasteiger partial charge in [-0.15, -0.1) is 5.10 Å². The molecule has 0 aliphatic heterocycles. The lowest BCUT2D eigenvalue weighted by Crippen LogP contribution is -2.12. The summed E-state index contributed by atoms with van der Waals surface area (Å²) in [5, 5.41) is 7.50. The zero-order chi connectivity index (χ0) is 22.7. The maximum absolute atomic E-state index is 11.6. The first-order chi connectivity index (χ1) is 15.4. The average Bonchev–Trinajstić information content (AvgIpc) is 3.16. The Balaban J connectivity index is 1.44. The molecule has 32 heavy (non-hydrogen) atoms. The topological polar surface area (TPSA) is 117 Å². The number of fused-ring (bicyclic) bond motifs is 1. The number of ether oxygens (including phenoxy) is 2. The van der Waals surface area contributed by atoms with E-state index in [1.807, 2.05) is 12.1 Å². The van der Waals surface area contributed by atoms with Crippen molar-refractivity contribution >= 4 is 33.4 Å². The third-order valence-corrected chi connectivity index (χ3v) is 5.11. The molecule has 0 saturated carbocycles. The zero-order valence-corrected chi connectivity index (χ0v) is 18.7. The first kappa shape index (κ1) is 21.3. The fourth-order valence-electron chi connectivity index (χ4n) is 2.99. The average molecular weight is 495 g/mol. The highest BCUT2D eigenvalue weighted by atomic mass is 79.9. The maximum Gasteiger partial charge on any atom is 0.254 e. The number of hydrogen-bond acceptors (Lipinski definition) is 7. The summed E-state index contributed by atoms with van der Waals surface area (Å²) in [5.41, 5.74) is 7.94. The van der Waals surface area contributed by atoms with Crippen LogP contribution in [0, 0.1) is 0 Å². The molecule has 0 atom stereocenters. The van der Waals surface area contributed by atoms with Crippen molar-refractivity contribution in [1.29, 1.82) is 0 Å². The molecule has 9 nitrogen and oxygen atoms in total. The standard InChI is InChI=1S/C22H19BrN6O3/c1-13(26-22-27-19-12-15(31-2)7-9-29(19)28-22)10-14-5-6-18(17(23)11-14)32-21-16(20(24)30)4-3-8-25-21/h3-9,11-12H,1,10H2,2H3,(H2,24,30)(H,26,28). The van der Waals surface area contributed by atoms with Crippen molar-refractivity contribution in [2.45, 2.75) is 6.42 Å². The van der Waals surface area contributed by atoms with Crippen LogP contribution in [0.2, 0.25) is 0 Å². The number of primary amides is 1. The second-order valence-electron chi connectivity index (χ2n) is 6.80. The normalized spacial score (nSPS) is 10.7. The van der Waals surface area contributed by atoms with E-state index in [-0.39, 0.29) is 11.4 Å². The van der Waals surface area contributed by atoms with Crippen molar-refractivity contribution in [2.75, 3.05) is 12.4 Å². The predicted molar refractivity (Wildman–Crippen MR) is 123 cm³/mol. The number of halogens is 1. The molecule has 0 bridgehead atoms. The quantitative estimate of drug-likeness (QED) is 0.380. The first-order valence-corrected chi connectivity index (χ1v) is 10.3. The predicted octanol–water partition coefficient (Wildman–Crippen LogP) is 3.95. The number of allylic oxidation sites excluding steroid dienone is 1. The number of pyridine rings is 2. The molecule has 0 saturated heterocycles. The van der Waals surface area contributed by atoms with Gasteiger partial charge in [-0.3, -0.25) is 4.79 Å². The fraction of sp³-hybridized carbons (Fsp3) is 0.0909. The van der Waals surface area contributed by atoms with E-state index in [9.17, 15) is 4.79 Å². The molecule has 10 heteroatoms. The molecule has 3 aromatic heterocycles. The van der Waals surface area contributed by atoms with Crippen LogP contribution in [0.1, 0.15) is 15.9 Å². The number of hydrogen-bond donors (Lipinski definition) is 2. The van der Waals surface area contributed by atoms with Crippen LogP contribution in [0.15, 0.2) is 71.6 Å². The number of anilines is 1. The molecule has 4 rings (SSSR count).